The Morgan fingerprint density at radius 1 is 0.196 bits per heavy atom. The summed E-state index contributed by atoms with van der Waals surface area (Å²) in [6.07, 6.45) is 0. The Kier molecular flexibility index (Phi) is 6.81. The fourth-order valence-electron chi connectivity index (χ4n) is 7.95. The second kappa shape index (κ2) is 11.9. The molecule has 0 radical (unpaired) electrons. The van der Waals surface area contributed by atoms with Crippen molar-refractivity contribution in [2.75, 3.05) is 0 Å². The van der Waals surface area contributed by atoms with Gasteiger partial charge in [-0.25, -0.2) is 0 Å². The molecule has 0 unspecified atom stereocenters. The Hall–Kier alpha value is -6.84. The molecule has 0 bridgehead atoms. The third-order valence-corrected chi connectivity index (χ3v) is 10.1. The highest BCUT2D eigenvalue weighted by Crippen LogP contribution is 2.38. The van der Waals surface area contributed by atoms with E-state index in [1.165, 1.54) is 65.4 Å². The number of hydrogen-bond donors (Lipinski definition) is 0. The molecule has 0 saturated carbocycles. The van der Waals surface area contributed by atoms with Gasteiger partial charge in [0.1, 0.15) is 0 Å². The van der Waals surface area contributed by atoms with Crippen molar-refractivity contribution < 1.29 is 0 Å². The van der Waals surface area contributed by atoms with Crippen LogP contribution in [-0.2, 0) is 0 Å². The summed E-state index contributed by atoms with van der Waals surface area (Å²) in [5.41, 5.74) is 10.6. The minimum Gasteiger partial charge on any atom is -0.309 e. The first-order valence-electron chi connectivity index (χ1n) is 17.5. The molecule has 240 valence electrons. The van der Waals surface area contributed by atoms with Gasteiger partial charge in [-0.05, 0) is 54.6 Å². The number of benzene rings is 8. The van der Waals surface area contributed by atoms with Crippen LogP contribution in [0.25, 0.3) is 82.5 Å². The Morgan fingerprint density at radius 3 is 0.569 bits per heavy atom. The SMILES string of the molecule is c1ccc2c(c1)c1ccccc1n2-c1cc(-n2c3ccccc3c3ccccc32)cc(-n2c3ccccc3c3ccccc32)c1.c1ccccc1. The lowest BCUT2D eigenvalue weighted by atomic mass is 10.2. The van der Waals surface area contributed by atoms with E-state index in [9.17, 15) is 0 Å². The molecule has 0 aliphatic carbocycles. The van der Waals surface area contributed by atoms with E-state index in [-0.39, 0.29) is 0 Å². The second-order valence-electron chi connectivity index (χ2n) is 13.0. The van der Waals surface area contributed by atoms with Gasteiger partial charge in [0, 0.05) is 32.3 Å². The van der Waals surface area contributed by atoms with E-state index in [1.54, 1.807) is 0 Å². The van der Waals surface area contributed by atoms with Crippen molar-refractivity contribution in [2.24, 2.45) is 0 Å². The molecular formula is C48H33N3. The molecule has 0 fully saturated rings. The molecule has 8 aromatic carbocycles. The molecular weight excluding hydrogens is 619 g/mol. The number of para-hydroxylation sites is 6. The van der Waals surface area contributed by atoms with Gasteiger partial charge in [0.15, 0.2) is 0 Å². The highest BCUT2D eigenvalue weighted by Gasteiger charge is 2.19. The van der Waals surface area contributed by atoms with Gasteiger partial charge < -0.3 is 13.7 Å². The van der Waals surface area contributed by atoms with Crippen molar-refractivity contribution in [3.05, 3.63) is 200 Å². The number of aromatic nitrogens is 3. The van der Waals surface area contributed by atoms with Crippen LogP contribution in [-0.4, -0.2) is 13.7 Å². The molecule has 51 heavy (non-hydrogen) atoms. The fraction of sp³-hybridized carbons (Fsp3) is 0. The van der Waals surface area contributed by atoms with E-state index in [2.05, 4.69) is 177 Å². The number of fused-ring (bicyclic) bond motifs is 9. The monoisotopic (exact) mass is 651 g/mol. The predicted octanol–water partition coefficient (Wildman–Crippen LogP) is 12.7. The Labute approximate surface area is 295 Å². The highest BCUT2D eigenvalue weighted by molar-refractivity contribution is 6.12. The average molecular weight is 652 g/mol. The molecule has 11 aromatic rings. The summed E-state index contributed by atoms with van der Waals surface area (Å²) in [4.78, 5) is 0. The van der Waals surface area contributed by atoms with E-state index in [0.29, 0.717) is 0 Å². The molecule has 3 heterocycles. The van der Waals surface area contributed by atoms with E-state index in [1.807, 2.05) is 36.4 Å². The van der Waals surface area contributed by atoms with Crippen molar-refractivity contribution in [2.45, 2.75) is 0 Å². The van der Waals surface area contributed by atoms with E-state index in [0.717, 1.165) is 17.1 Å². The molecule has 0 aliphatic rings. The van der Waals surface area contributed by atoms with Gasteiger partial charge in [-0.3, -0.25) is 0 Å². The Bertz CT molecular complexity index is 2530. The van der Waals surface area contributed by atoms with Crippen LogP contribution >= 0.6 is 0 Å². The van der Waals surface area contributed by atoms with Gasteiger partial charge in [-0.1, -0.05) is 146 Å². The van der Waals surface area contributed by atoms with Gasteiger partial charge in [0.2, 0.25) is 0 Å². The van der Waals surface area contributed by atoms with Crippen LogP contribution in [0.3, 0.4) is 0 Å². The first kappa shape index (κ1) is 29.1. The minimum absolute atomic E-state index is 1.13. The van der Waals surface area contributed by atoms with Gasteiger partial charge in [-0.15, -0.1) is 0 Å². The minimum atomic E-state index is 1.13. The second-order valence-corrected chi connectivity index (χ2v) is 13.0. The van der Waals surface area contributed by atoms with Crippen LogP contribution in [0.15, 0.2) is 200 Å². The highest BCUT2D eigenvalue weighted by atomic mass is 15.0. The molecule has 3 heteroatoms. The van der Waals surface area contributed by atoms with Crippen LogP contribution in [0.5, 0.6) is 0 Å². The number of rotatable bonds is 3. The molecule has 0 aliphatic heterocycles. The Balaban J connectivity index is 0.000000498. The normalized spacial score (nSPS) is 11.5. The zero-order valence-corrected chi connectivity index (χ0v) is 27.9. The van der Waals surface area contributed by atoms with Crippen molar-refractivity contribution in [3.63, 3.8) is 0 Å². The van der Waals surface area contributed by atoms with Gasteiger partial charge in [0.05, 0.1) is 50.2 Å². The van der Waals surface area contributed by atoms with Crippen molar-refractivity contribution >= 4 is 65.4 Å². The lowest BCUT2D eigenvalue weighted by molar-refractivity contribution is 1.10. The van der Waals surface area contributed by atoms with Gasteiger partial charge in [-0.2, -0.15) is 0 Å². The van der Waals surface area contributed by atoms with Crippen LogP contribution in [0.1, 0.15) is 0 Å². The molecule has 0 saturated heterocycles. The third kappa shape index (κ3) is 4.67. The maximum Gasteiger partial charge on any atom is 0.0541 e. The summed E-state index contributed by atoms with van der Waals surface area (Å²) < 4.78 is 7.29. The maximum absolute atomic E-state index is 2.43. The van der Waals surface area contributed by atoms with Crippen LogP contribution in [0, 0.1) is 0 Å². The first-order chi connectivity index (χ1) is 25.3. The molecule has 3 aromatic heterocycles. The van der Waals surface area contributed by atoms with Crippen LogP contribution in [0.4, 0.5) is 0 Å². The standard InChI is InChI=1S/C42H27N3.C6H6/c1-7-19-37-31(13-1)32-14-2-8-20-38(32)43(37)28-25-29(44-39-21-9-3-15-33(39)34-16-4-10-22-40(34)44)27-30(26-28)45-41-23-11-5-17-35(41)36-18-6-12-24-42(36)45;1-2-4-6-5-3-1/h1-27H;1-6H. The summed E-state index contributed by atoms with van der Waals surface area (Å²) in [7, 11) is 0. The molecule has 0 amide bonds. The fourth-order valence-corrected chi connectivity index (χ4v) is 7.95. The molecule has 0 spiro atoms. The quantitative estimate of drug-likeness (QED) is 0.181. The smallest absolute Gasteiger partial charge is 0.0541 e. The molecule has 0 atom stereocenters. The average Bonchev–Trinajstić information content (AvgIpc) is 3.85. The summed E-state index contributed by atoms with van der Waals surface area (Å²) >= 11 is 0. The molecule has 3 nitrogen and oxygen atoms in total. The van der Waals surface area contributed by atoms with Crippen molar-refractivity contribution in [3.8, 4) is 17.1 Å². The van der Waals surface area contributed by atoms with E-state index in [4.69, 9.17) is 0 Å². The van der Waals surface area contributed by atoms with Gasteiger partial charge >= 0.3 is 0 Å². The molecule has 0 N–H and O–H groups in total. The predicted molar refractivity (Wildman–Crippen MR) is 216 cm³/mol. The first-order valence-corrected chi connectivity index (χ1v) is 17.5. The zero-order valence-electron chi connectivity index (χ0n) is 27.9. The zero-order chi connectivity index (χ0) is 33.7. The maximum atomic E-state index is 2.43. The summed E-state index contributed by atoms with van der Waals surface area (Å²) in [5.74, 6) is 0. The lowest BCUT2D eigenvalue weighted by Crippen LogP contribution is -2.03. The largest absolute Gasteiger partial charge is 0.309 e. The third-order valence-electron chi connectivity index (χ3n) is 10.1. The van der Waals surface area contributed by atoms with E-state index < -0.39 is 0 Å². The van der Waals surface area contributed by atoms with Crippen LogP contribution in [0.2, 0.25) is 0 Å². The summed E-state index contributed by atoms with van der Waals surface area (Å²) in [6, 6.07) is 71.6. The summed E-state index contributed by atoms with van der Waals surface area (Å²) in [5, 5.41) is 7.55. The van der Waals surface area contributed by atoms with Crippen LogP contribution < -0.4 is 0 Å². The van der Waals surface area contributed by atoms with Crippen molar-refractivity contribution in [1.29, 1.82) is 0 Å². The number of nitrogens with zero attached hydrogens (tertiary/aromatic N) is 3. The Morgan fingerprint density at radius 2 is 0.373 bits per heavy atom. The topological polar surface area (TPSA) is 14.8 Å². The summed E-state index contributed by atoms with van der Waals surface area (Å²) in [6.45, 7) is 0. The van der Waals surface area contributed by atoms with Gasteiger partial charge in [0.25, 0.3) is 0 Å². The van der Waals surface area contributed by atoms with Crippen molar-refractivity contribution in [1.82, 2.24) is 13.7 Å². The lowest BCUT2D eigenvalue weighted by Gasteiger charge is -2.17. The van der Waals surface area contributed by atoms with E-state index >= 15 is 0 Å². The molecule has 11 rings (SSSR count). The number of hydrogen-bond acceptors (Lipinski definition) is 0.